The second-order valence-corrected chi connectivity index (χ2v) is 8.46. The van der Waals surface area contributed by atoms with Gasteiger partial charge < -0.3 is 9.30 Å². The number of thioether (sulfide) groups is 1. The molecule has 1 N–H and O–H groups in total. The van der Waals surface area contributed by atoms with Gasteiger partial charge in [-0.05, 0) is 31.0 Å². The number of rotatable bonds is 8. The third-order valence-electron chi connectivity index (χ3n) is 4.11. The number of aryl methyl sites for hydroxylation is 1. The van der Waals surface area contributed by atoms with Crippen LogP contribution < -0.4 is 10.1 Å². The number of hydrogen-bond acceptors (Lipinski definition) is 8. The molecule has 0 fully saturated rings. The second kappa shape index (κ2) is 9.16. The van der Waals surface area contributed by atoms with E-state index in [4.69, 9.17) is 4.74 Å². The Morgan fingerprint density at radius 1 is 1.25 bits per heavy atom. The van der Waals surface area contributed by atoms with Crippen molar-refractivity contribution >= 4 is 34.1 Å². The zero-order valence-corrected chi connectivity index (χ0v) is 17.8. The number of aromatic nitrogens is 5. The summed E-state index contributed by atoms with van der Waals surface area (Å²) in [5.74, 6) is 1.55. The van der Waals surface area contributed by atoms with E-state index in [1.165, 1.54) is 23.1 Å². The van der Waals surface area contributed by atoms with E-state index in [2.05, 4.69) is 25.7 Å². The summed E-state index contributed by atoms with van der Waals surface area (Å²) in [6.07, 6.45) is 1.32. The molecule has 0 saturated carbocycles. The maximum absolute atomic E-state index is 12.6. The van der Waals surface area contributed by atoms with Crippen LogP contribution in [0.4, 0.5) is 5.13 Å². The van der Waals surface area contributed by atoms with Gasteiger partial charge in [-0.15, -0.1) is 20.4 Å². The number of carbonyl (C=O) groups excluding carboxylic acids is 1. The Morgan fingerprint density at radius 2 is 2.00 bits per heavy atom. The Balaban J connectivity index is 1.66. The van der Waals surface area contributed by atoms with Gasteiger partial charge in [0.2, 0.25) is 11.0 Å². The molecular weight excluding hydrogens is 396 g/mol. The number of carbonyl (C=O) groups is 1. The van der Waals surface area contributed by atoms with Crippen molar-refractivity contribution in [3.8, 4) is 5.75 Å². The lowest BCUT2D eigenvalue weighted by molar-refractivity contribution is -0.115. The summed E-state index contributed by atoms with van der Waals surface area (Å²) in [6.45, 7) is 3.82. The van der Waals surface area contributed by atoms with Crippen molar-refractivity contribution in [2.45, 2.75) is 37.1 Å². The molecule has 0 bridgehead atoms. The molecule has 148 valence electrons. The van der Waals surface area contributed by atoms with E-state index < -0.39 is 0 Å². The molecule has 0 spiro atoms. The quantitative estimate of drug-likeness (QED) is 0.562. The molecule has 0 aliphatic heterocycles. The number of nitrogens with one attached hydrogen (secondary N) is 1. The topological polar surface area (TPSA) is 94.8 Å². The Hall–Kier alpha value is -2.46. The minimum absolute atomic E-state index is 0.108. The zero-order chi connectivity index (χ0) is 20.1. The van der Waals surface area contributed by atoms with Gasteiger partial charge >= 0.3 is 0 Å². The fourth-order valence-corrected chi connectivity index (χ4v) is 4.04. The number of methoxy groups -OCH3 is 1. The summed E-state index contributed by atoms with van der Waals surface area (Å²) >= 11 is 2.76. The number of anilines is 1. The molecule has 2 heterocycles. The third-order valence-corrected chi connectivity index (χ3v) is 6.27. The van der Waals surface area contributed by atoms with Crippen LogP contribution in [-0.2, 0) is 18.3 Å². The highest BCUT2D eigenvalue weighted by Crippen LogP contribution is 2.26. The Morgan fingerprint density at radius 3 is 2.61 bits per heavy atom. The van der Waals surface area contributed by atoms with Crippen molar-refractivity contribution in [2.75, 3.05) is 12.4 Å². The monoisotopic (exact) mass is 418 g/mol. The van der Waals surface area contributed by atoms with Crippen molar-refractivity contribution in [1.82, 2.24) is 25.0 Å². The Labute approximate surface area is 171 Å². The lowest BCUT2D eigenvalue weighted by Crippen LogP contribution is -2.25. The number of ether oxygens (including phenoxy) is 1. The van der Waals surface area contributed by atoms with Crippen LogP contribution in [0.3, 0.4) is 0 Å². The molecule has 1 atom stereocenters. The number of nitrogens with zero attached hydrogens (tertiary/aromatic N) is 5. The highest BCUT2D eigenvalue weighted by Gasteiger charge is 2.22. The Bertz CT molecular complexity index is 938. The van der Waals surface area contributed by atoms with E-state index >= 15 is 0 Å². The Kier molecular flexibility index (Phi) is 6.63. The van der Waals surface area contributed by atoms with E-state index in [0.717, 1.165) is 22.1 Å². The first-order valence-electron chi connectivity index (χ1n) is 8.79. The van der Waals surface area contributed by atoms with Gasteiger partial charge in [-0.2, -0.15) is 0 Å². The standard InChI is InChI=1S/C18H22N6O2S2/c1-5-14(16(25)19-17-22-20-11(2)27-17)28-18-23-21-15(24(18)3)10-12-6-8-13(26-4)9-7-12/h6-9,14H,5,10H2,1-4H3,(H,19,22,25)/t14-/m0/s1. The van der Waals surface area contributed by atoms with Crippen molar-refractivity contribution in [1.29, 1.82) is 0 Å². The van der Waals surface area contributed by atoms with Gasteiger partial charge in [0.15, 0.2) is 5.16 Å². The van der Waals surface area contributed by atoms with Crippen LogP contribution in [0.1, 0.15) is 29.7 Å². The van der Waals surface area contributed by atoms with Gasteiger partial charge in [0.25, 0.3) is 0 Å². The lowest BCUT2D eigenvalue weighted by Gasteiger charge is -2.12. The molecule has 1 amide bonds. The van der Waals surface area contributed by atoms with Gasteiger partial charge in [-0.1, -0.05) is 42.2 Å². The summed E-state index contributed by atoms with van der Waals surface area (Å²) in [4.78, 5) is 12.6. The molecule has 0 radical (unpaired) electrons. The van der Waals surface area contributed by atoms with Gasteiger partial charge in [0, 0.05) is 13.5 Å². The normalized spacial score (nSPS) is 12.0. The maximum Gasteiger partial charge on any atom is 0.239 e. The van der Waals surface area contributed by atoms with Crippen molar-refractivity contribution in [3.63, 3.8) is 0 Å². The van der Waals surface area contributed by atoms with E-state index in [1.54, 1.807) is 7.11 Å². The van der Waals surface area contributed by atoms with Crippen LogP contribution in [0.25, 0.3) is 0 Å². The SMILES string of the molecule is CC[C@H](Sc1nnc(Cc2ccc(OC)cc2)n1C)C(=O)Nc1nnc(C)s1. The highest BCUT2D eigenvalue weighted by molar-refractivity contribution is 8.00. The summed E-state index contributed by atoms with van der Waals surface area (Å²) in [7, 11) is 3.56. The third kappa shape index (κ3) is 4.87. The van der Waals surface area contributed by atoms with Gasteiger partial charge in [-0.25, -0.2) is 0 Å². The first-order valence-corrected chi connectivity index (χ1v) is 10.5. The fraction of sp³-hybridized carbons (Fsp3) is 0.389. The highest BCUT2D eigenvalue weighted by atomic mass is 32.2. The molecule has 0 aliphatic rings. The predicted molar refractivity (Wildman–Crippen MR) is 110 cm³/mol. The molecule has 2 aromatic heterocycles. The van der Waals surface area contributed by atoms with Crippen LogP contribution in [0, 0.1) is 6.92 Å². The van der Waals surface area contributed by atoms with Crippen molar-refractivity contribution < 1.29 is 9.53 Å². The smallest absolute Gasteiger partial charge is 0.239 e. The van der Waals surface area contributed by atoms with Crippen LogP contribution in [0.5, 0.6) is 5.75 Å². The molecular formula is C18H22N6O2S2. The molecule has 3 rings (SSSR count). The number of hydrogen-bond donors (Lipinski definition) is 1. The van der Waals surface area contributed by atoms with E-state index in [0.29, 0.717) is 23.1 Å². The minimum Gasteiger partial charge on any atom is -0.497 e. The molecule has 28 heavy (non-hydrogen) atoms. The van der Waals surface area contributed by atoms with Crippen LogP contribution in [-0.4, -0.2) is 43.2 Å². The summed E-state index contributed by atoms with van der Waals surface area (Å²) < 4.78 is 7.12. The average Bonchev–Trinajstić information content (AvgIpc) is 3.26. The van der Waals surface area contributed by atoms with Crippen LogP contribution >= 0.6 is 23.1 Å². The largest absolute Gasteiger partial charge is 0.497 e. The van der Waals surface area contributed by atoms with E-state index in [1.807, 2.05) is 49.7 Å². The zero-order valence-electron chi connectivity index (χ0n) is 16.2. The van der Waals surface area contributed by atoms with Gasteiger partial charge in [0.05, 0.1) is 12.4 Å². The molecule has 0 saturated heterocycles. The summed E-state index contributed by atoms with van der Waals surface area (Å²) in [5, 5.41) is 21.0. The first kappa shape index (κ1) is 20.3. The fourth-order valence-electron chi connectivity index (χ4n) is 2.51. The molecule has 8 nitrogen and oxygen atoms in total. The number of amides is 1. The molecule has 1 aromatic carbocycles. The first-order chi connectivity index (χ1) is 13.5. The van der Waals surface area contributed by atoms with E-state index in [-0.39, 0.29) is 11.2 Å². The lowest BCUT2D eigenvalue weighted by atomic mass is 10.1. The second-order valence-electron chi connectivity index (χ2n) is 6.11. The van der Waals surface area contributed by atoms with Crippen molar-refractivity contribution in [3.05, 3.63) is 40.7 Å². The molecule has 10 heteroatoms. The summed E-state index contributed by atoms with van der Waals surface area (Å²) in [6, 6.07) is 7.86. The van der Waals surface area contributed by atoms with E-state index in [9.17, 15) is 4.79 Å². The molecule has 0 aliphatic carbocycles. The van der Waals surface area contributed by atoms with Crippen LogP contribution in [0.2, 0.25) is 0 Å². The predicted octanol–water partition coefficient (Wildman–Crippen LogP) is 3.08. The number of benzene rings is 1. The van der Waals surface area contributed by atoms with Crippen LogP contribution in [0.15, 0.2) is 29.4 Å². The summed E-state index contributed by atoms with van der Waals surface area (Å²) in [5.41, 5.74) is 1.12. The minimum atomic E-state index is -0.291. The average molecular weight is 419 g/mol. The van der Waals surface area contributed by atoms with Gasteiger partial charge in [0.1, 0.15) is 16.6 Å². The maximum atomic E-state index is 12.6. The molecule has 0 unspecified atom stereocenters. The van der Waals surface area contributed by atoms with Gasteiger partial charge in [-0.3, -0.25) is 10.1 Å². The van der Waals surface area contributed by atoms with Crippen molar-refractivity contribution in [2.24, 2.45) is 7.05 Å². The molecule has 3 aromatic rings.